The van der Waals surface area contributed by atoms with E-state index < -0.39 is 22.2 Å². The average molecular weight is 279 g/mol. The minimum Gasteiger partial charge on any atom is -0.295 e. The van der Waals surface area contributed by atoms with Crippen molar-refractivity contribution < 1.29 is 4.39 Å². The lowest BCUT2D eigenvalue weighted by atomic mass is 10.2. The number of H-pyrrole nitrogens is 1. The third kappa shape index (κ3) is 2.74. The van der Waals surface area contributed by atoms with Crippen molar-refractivity contribution in [1.29, 1.82) is 0 Å². The van der Waals surface area contributed by atoms with E-state index in [1.807, 2.05) is 0 Å². The lowest BCUT2D eigenvalue weighted by molar-refractivity contribution is 0.512. The molecule has 4 nitrogen and oxygen atoms in total. The van der Waals surface area contributed by atoms with E-state index in [0.717, 1.165) is 29.6 Å². The van der Waals surface area contributed by atoms with E-state index in [1.54, 1.807) is 11.8 Å². The maximum absolute atomic E-state index is 13.3. The van der Waals surface area contributed by atoms with Gasteiger partial charge in [-0.3, -0.25) is 14.3 Å². The number of hydrogen-bond acceptors (Lipinski definition) is 3. The summed E-state index contributed by atoms with van der Waals surface area (Å²) in [4.78, 5) is 25.2. The zero-order valence-electron chi connectivity index (χ0n) is 9.04. The number of aromatic amines is 1. The molecule has 0 spiro atoms. The van der Waals surface area contributed by atoms with Gasteiger partial charge in [-0.05, 0) is 18.6 Å². The molecule has 1 saturated heterocycles. The zero-order valence-corrected chi connectivity index (χ0v) is 10.6. The first-order chi connectivity index (χ1) is 8.09. The predicted octanol–water partition coefficient (Wildman–Crippen LogP) is 1.61. The molecule has 0 saturated carbocycles. The Morgan fingerprint density at radius 1 is 1.47 bits per heavy atom. The fraction of sp³-hybridized carbons (Fsp3) is 0.600. The summed E-state index contributed by atoms with van der Waals surface area (Å²) in [6.07, 6.45) is 3.18. The molecule has 1 N–H and O–H groups in total. The second-order valence-corrected chi connectivity index (χ2v) is 5.75. The van der Waals surface area contributed by atoms with Gasteiger partial charge in [0.1, 0.15) is 0 Å². The van der Waals surface area contributed by atoms with Crippen LogP contribution in [0, 0.1) is 5.82 Å². The van der Waals surface area contributed by atoms with Gasteiger partial charge in [0.15, 0.2) is 5.15 Å². The van der Waals surface area contributed by atoms with Gasteiger partial charge in [0.25, 0.3) is 5.56 Å². The number of aromatic nitrogens is 2. The monoisotopic (exact) mass is 278 g/mol. The fourth-order valence-corrected chi connectivity index (χ4v) is 3.30. The van der Waals surface area contributed by atoms with Crippen LogP contribution in [0.25, 0.3) is 0 Å². The van der Waals surface area contributed by atoms with Crippen LogP contribution in [-0.2, 0) is 6.54 Å². The molecule has 17 heavy (non-hydrogen) atoms. The smallest absolute Gasteiger partial charge is 0.295 e. The molecule has 2 heterocycles. The van der Waals surface area contributed by atoms with E-state index in [2.05, 4.69) is 4.98 Å². The quantitative estimate of drug-likeness (QED) is 0.837. The molecule has 1 fully saturated rings. The summed E-state index contributed by atoms with van der Waals surface area (Å²) >= 11 is 7.10. The summed E-state index contributed by atoms with van der Waals surface area (Å²) in [6, 6.07) is 0. The van der Waals surface area contributed by atoms with Crippen molar-refractivity contribution in [3.63, 3.8) is 0 Å². The Bertz CT molecular complexity index is 522. The van der Waals surface area contributed by atoms with Gasteiger partial charge in [-0.25, -0.2) is 4.79 Å². The molecule has 0 amide bonds. The van der Waals surface area contributed by atoms with Gasteiger partial charge in [0, 0.05) is 11.8 Å². The summed E-state index contributed by atoms with van der Waals surface area (Å²) in [7, 11) is 0. The Morgan fingerprint density at radius 3 is 2.88 bits per heavy atom. The Hall–Kier alpha value is -0.750. The second kappa shape index (κ2) is 5.27. The highest BCUT2D eigenvalue weighted by molar-refractivity contribution is 7.99. The number of thioether (sulfide) groups is 1. The van der Waals surface area contributed by atoms with Crippen LogP contribution in [0.3, 0.4) is 0 Å². The van der Waals surface area contributed by atoms with E-state index in [1.165, 1.54) is 0 Å². The highest BCUT2D eigenvalue weighted by Crippen LogP contribution is 2.25. The summed E-state index contributed by atoms with van der Waals surface area (Å²) in [5.74, 6) is -0.0694. The Kier molecular flexibility index (Phi) is 3.93. The molecule has 1 aliphatic heterocycles. The zero-order chi connectivity index (χ0) is 12.4. The highest BCUT2D eigenvalue weighted by Gasteiger charge is 2.18. The average Bonchev–Trinajstić information content (AvgIpc) is 2.33. The molecule has 0 bridgehead atoms. The Labute approximate surface area is 106 Å². The first-order valence-electron chi connectivity index (χ1n) is 5.39. The molecule has 0 radical (unpaired) electrons. The number of nitrogens with zero attached hydrogens (tertiary/aromatic N) is 1. The van der Waals surface area contributed by atoms with Gasteiger partial charge >= 0.3 is 5.69 Å². The SMILES string of the molecule is O=c1[nH]c(Cl)c(F)c(=O)n1CC1CCCCS1. The predicted molar refractivity (Wildman–Crippen MR) is 66.4 cm³/mol. The maximum atomic E-state index is 13.3. The maximum Gasteiger partial charge on any atom is 0.329 e. The van der Waals surface area contributed by atoms with Gasteiger partial charge in [-0.15, -0.1) is 0 Å². The van der Waals surface area contributed by atoms with Crippen LogP contribution in [0.2, 0.25) is 5.15 Å². The number of hydrogen-bond donors (Lipinski definition) is 1. The number of halogens is 2. The summed E-state index contributed by atoms with van der Waals surface area (Å²) in [5, 5.41) is -0.323. The molecule has 0 aromatic carbocycles. The van der Waals surface area contributed by atoms with E-state index in [9.17, 15) is 14.0 Å². The summed E-state index contributed by atoms with van der Waals surface area (Å²) < 4.78 is 14.2. The molecule has 2 rings (SSSR count). The van der Waals surface area contributed by atoms with E-state index in [4.69, 9.17) is 11.6 Å². The molecule has 1 unspecified atom stereocenters. The van der Waals surface area contributed by atoms with Crippen molar-refractivity contribution in [1.82, 2.24) is 9.55 Å². The van der Waals surface area contributed by atoms with Crippen LogP contribution in [0.1, 0.15) is 19.3 Å². The largest absolute Gasteiger partial charge is 0.329 e. The minimum atomic E-state index is -1.09. The molecule has 1 aliphatic rings. The van der Waals surface area contributed by atoms with Crippen LogP contribution in [0.15, 0.2) is 9.59 Å². The van der Waals surface area contributed by atoms with Gasteiger partial charge in [0.05, 0.1) is 0 Å². The molecule has 1 aromatic rings. The normalized spacial score (nSPS) is 20.5. The first kappa shape index (κ1) is 12.7. The second-order valence-electron chi connectivity index (χ2n) is 3.96. The Balaban J connectivity index is 2.29. The van der Waals surface area contributed by atoms with Gasteiger partial charge in [-0.2, -0.15) is 16.2 Å². The van der Waals surface area contributed by atoms with Crippen molar-refractivity contribution in [2.45, 2.75) is 31.1 Å². The molecule has 1 atom stereocenters. The molecule has 1 aromatic heterocycles. The molecule has 0 aliphatic carbocycles. The van der Waals surface area contributed by atoms with Crippen LogP contribution in [0.5, 0.6) is 0 Å². The van der Waals surface area contributed by atoms with Gasteiger partial charge in [0.2, 0.25) is 5.82 Å². The molecular weight excluding hydrogens is 267 g/mol. The van der Waals surface area contributed by atoms with E-state index in [0.29, 0.717) is 0 Å². The van der Waals surface area contributed by atoms with Crippen molar-refractivity contribution in [3.05, 3.63) is 31.8 Å². The topological polar surface area (TPSA) is 54.9 Å². The highest BCUT2D eigenvalue weighted by atomic mass is 35.5. The van der Waals surface area contributed by atoms with Crippen LogP contribution < -0.4 is 11.2 Å². The third-order valence-electron chi connectivity index (χ3n) is 2.75. The lowest BCUT2D eigenvalue weighted by Crippen LogP contribution is -2.40. The van der Waals surface area contributed by atoms with E-state index in [-0.39, 0.29) is 11.8 Å². The standard InChI is InChI=1S/C10H12ClFN2O2S/c11-8-7(12)9(15)14(10(16)13-8)5-6-3-1-2-4-17-6/h6H,1-5H2,(H,13,16). The summed E-state index contributed by atoms with van der Waals surface area (Å²) in [5.41, 5.74) is -1.59. The van der Waals surface area contributed by atoms with E-state index >= 15 is 0 Å². The minimum absolute atomic E-state index is 0.197. The van der Waals surface area contributed by atoms with Gasteiger partial charge < -0.3 is 0 Å². The van der Waals surface area contributed by atoms with Crippen LogP contribution in [-0.4, -0.2) is 20.6 Å². The Morgan fingerprint density at radius 2 is 2.24 bits per heavy atom. The number of nitrogens with one attached hydrogen (secondary N) is 1. The molecule has 94 valence electrons. The van der Waals surface area contributed by atoms with Crippen LogP contribution >= 0.6 is 23.4 Å². The third-order valence-corrected chi connectivity index (χ3v) is 4.39. The van der Waals surface area contributed by atoms with Crippen molar-refractivity contribution in [2.24, 2.45) is 0 Å². The van der Waals surface area contributed by atoms with Gasteiger partial charge in [-0.1, -0.05) is 18.0 Å². The summed E-state index contributed by atoms with van der Waals surface area (Å²) in [6.45, 7) is 0.243. The van der Waals surface area contributed by atoms with Crippen molar-refractivity contribution >= 4 is 23.4 Å². The fourth-order valence-electron chi connectivity index (χ4n) is 1.84. The first-order valence-corrected chi connectivity index (χ1v) is 6.82. The lowest BCUT2D eigenvalue weighted by Gasteiger charge is -2.21. The van der Waals surface area contributed by atoms with Crippen molar-refractivity contribution in [3.8, 4) is 0 Å². The molecular formula is C10H12ClFN2O2S. The number of rotatable bonds is 2. The van der Waals surface area contributed by atoms with Crippen molar-refractivity contribution in [2.75, 3.05) is 5.75 Å². The molecule has 7 heteroatoms. The van der Waals surface area contributed by atoms with Crippen LogP contribution in [0.4, 0.5) is 4.39 Å².